The molecule has 1 N–H and O–H groups in total. The van der Waals surface area contributed by atoms with E-state index in [0.29, 0.717) is 5.16 Å². The lowest BCUT2D eigenvalue weighted by Crippen LogP contribution is -2.19. The van der Waals surface area contributed by atoms with Crippen molar-refractivity contribution >= 4 is 23.9 Å². The monoisotopic (exact) mass is 302 g/mol. The molecular formula is C14H14N4O2S. The fraction of sp³-hybridized carbons (Fsp3) is 0.143. The first-order valence-electron chi connectivity index (χ1n) is 6.13. The van der Waals surface area contributed by atoms with Gasteiger partial charge in [-0.05, 0) is 35.9 Å². The molecule has 1 aromatic carbocycles. The Morgan fingerprint density at radius 1 is 1.33 bits per heavy atom. The molecular weight excluding hydrogens is 288 g/mol. The van der Waals surface area contributed by atoms with E-state index in [4.69, 9.17) is 4.74 Å². The van der Waals surface area contributed by atoms with E-state index in [-0.39, 0.29) is 11.7 Å². The minimum absolute atomic E-state index is 0.211. The molecule has 21 heavy (non-hydrogen) atoms. The van der Waals surface area contributed by atoms with Crippen LogP contribution in [-0.4, -0.2) is 35.0 Å². The molecule has 1 aromatic heterocycles. The molecule has 2 aromatic rings. The summed E-state index contributed by atoms with van der Waals surface area (Å²) >= 11 is 1.26. The van der Waals surface area contributed by atoms with Gasteiger partial charge in [0.1, 0.15) is 5.75 Å². The normalized spacial score (nSPS) is 10.5. The van der Waals surface area contributed by atoms with Crippen LogP contribution < -0.4 is 10.2 Å². The Morgan fingerprint density at radius 2 is 2.05 bits per heavy atom. The smallest absolute Gasteiger partial charge is 0.250 e. The van der Waals surface area contributed by atoms with Crippen LogP contribution in [-0.2, 0) is 4.79 Å². The highest BCUT2D eigenvalue weighted by molar-refractivity contribution is 7.99. The average Bonchev–Trinajstić information content (AvgIpc) is 2.54. The van der Waals surface area contributed by atoms with Crippen molar-refractivity contribution in [2.75, 3.05) is 12.9 Å². The molecule has 1 amide bonds. The number of amides is 1. The van der Waals surface area contributed by atoms with Crippen molar-refractivity contribution in [1.82, 2.24) is 15.4 Å². The number of methoxy groups -OCH3 is 1. The van der Waals surface area contributed by atoms with Crippen molar-refractivity contribution in [3.63, 3.8) is 0 Å². The first-order chi connectivity index (χ1) is 10.3. The zero-order valence-electron chi connectivity index (χ0n) is 11.4. The summed E-state index contributed by atoms with van der Waals surface area (Å²) in [5, 5.41) is 4.45. The molecule has 0 saturated carbocycles. The number of benzene rings is 1. The molecule has 0 aliphatic rings. The predicted molar refractivity (Wildman–Crippen MR) is 81.5 cm³/mol. The van der Waals surface area contributed by atoms with Gasteiger partial charge in [0, 0.05) is 12.4 Å². The second-order valence-corrected chi connectivity index (χ2v) is 4.83. The third kappa shape index (κ3) is 5.23. The maximum absolute atomic E-state index is 11.6. The maximum atomic E-state index is 11.6. The summed E-state index contributed by atoms with van der Waals surface area (Å²) in [5.41, 5.74) is 3.32. The van der Waals surface area contributed by atoms with E-state index in [9.17, 15) is 4.79 Å². The van der Waals surface area contributed by atoms with Gasteiger partial charge < -0.3 is 4.74 Å². The van der Waals surface area contributed by atoms with Gasteiger partial charge in [-0.15, -0.1) is 0 Å². The van der Waals surface area contributed by atoms with E-state index in [1.54, 1.807) is 31.8 Å². The van der Waals surface area contributed by atoms with Gasteiger partial charge in [0.15, 0.2) is 5.16 Å². The van der Waals surface area contributed by atoms with Crippen molar-refractivity contribution in [2.24, 2.45) is 5.10 Å². The number of hydrazone groups is 1. The number of ether oxygens (including phenoxy) is 1. The van der Waals surface area contributed by atoms with Crippen molar-refractivity contribution in [3.05, 3.63) is 48.3 Å². The summed E-state index contributed by atoms with van der Waals surface area (Å²) in [5.74, 6) is 0.775. The number of carbonyl (C=O) groups excluding carboxylic acids is 1. The summed E-state index contributed by atoms with van der Waals surface area (Å²) in [6.07, 6.45) is 4.84. The van der Waals surface area contributed by atoms with Crippen LogP contribution in [0.25, 0.3) is 0 Å². The van der Waals surface area contributed by atoms with Crippen LogP contribution in [0.5, 0.6) is 5.75 Å². The molecule has 0 spiro atoms. The lowest BCUT2D eigenvalue weighted by atomic mass is 10.2. The van der Waals surface area contributed by atoms with Crippen LogP contribution in [0, 0.1) is 0 Å². The number of carbonyl (C=O) groups is 1. The van der Waals surface area contributed by atoms with Gasteiger partial charge in [0.2, 0.25) is 0 Å². The Hall–Kier alpha value is -2.41. The van der Waals surface area contributed by atoms with Crippen LogP contribution in [0.3, 0.4) is 0 Å². The Kier molecular flexibility index (Phi) is 5.71. The Bertz CT molecular complexity index is 602. The zero-order valence-corrected chi connectivity index (χ0v) is 12.2. The topological polar surface area (TPSA) is 76.5 Å². The van der Waals surface area contributed by atoms with Gasteiger partial charge >= 0.3 is 0 Å². The van der Waals surface area contributed by atoms with E-state index in [1.807, 2.05) is 24.3 Å². The number of thioether (sulfide) groups is 1. The van der Waals surface area contributed by atoms with Gasteiger partial charge in [0.25, 0.3) is 5.91 Å². The fourth-order valence-electron chi connectivity index (χ4n) is 1.39. The molecule has 108 valence electrons. The van der Waals surface area contributed by atoms with E-state index in [0.717, 1.165) is 11.3 Å². The Morgan fingerprint density at radius 3 is 2.71 bits per heavy atom. The zero-order chi connectivity index (χ0) is 14.9. The number of hydrogen-bond acceptors (Lipinski definition) is 6. The van der Waals surface area contributed by atoms with Crippen molar-refractivity contribution in [2.45, 2.75) is 5.16 Å². The molecule has 0 saturated heterocycles. The van der Waals surface area contributed by atoms with Crippen molar-refractivity contribution in [1.29, 1.82) is 0 Å². The molecule has 0 bridgehead atoms. The summed E-state index contributed by atoms with van der Waals surface area (Å²) in [6, 6.07) is 9.07. The Labute approximate surface area is 126 Å². The predicted octanol–water partition coefficient (Wildman–Crippen LogP) is 1.73. The number of aromatic nitrogens is 2. The SMILES string of the molecule is COc1ccc(C=NNC(=O)CSc2ncccn2)cc1. The second-order valence-electron chi connectivity index (χ2n) is 3.89. The van der Waals surface area contributed by atoms with Crippen LogP contribution in [0.4, 0.5) is 0 Å². The van der Waals surface area contributed by atoms with E-state index in [1.165, 1.54) is 11.8 Å². The minimum Gasteiger partial charge on any atom is -0.497 e. The molecule has 2 rings (SSSR count). The summed E-state index contributed by atoms with van der Waals surface area (Å²) < 4.78 is 5.06. The molecule has 0 atom stereocenters. The quantitative estimate of drug-likeness (QED) is 0.380. The minimum atomic E-state index is -0.211. The molecule has 6 nitrogen and oxygen atoms in total. The summed E-state index contributed by atoms with van der Waals surface area (Å²) in [7, 11) is 1.61. The van der Waals surface area contributed by atoms with Gasteiger partial charge in [-0.25, -0.2) is 15.4 Å². The van der Waals surface area contributed by atoms with Crippen molar-refractivity contribution in [3.8, 4) is 5.75 Å². The third-order valence-corrected chi connectivity index (χ3v) is 3.27. The lowest BCUT2D eigenvalue weighted by molar-refractivity contribution is -0.118. The van der Waals surface area contributed by atoms with Crippen LogP contribution in [0.15, 0.2) is 53.0 Å². The third-order valence-electron chi connectivity index (χ3n) is 2.39. The van der Waals surface area contributed by atoms with E-state index >= 15 is 0 Å². The number of nitrogens with zero attached hydrogens (tertiary/aromatic N) is 3. The molecule has 0 radical (unpaired) electrons. The number of rotatable bonds is 6. The van der Waals surface area contributed by atoms with Crippen LogP contribution in [0.2, 0.25) is 0 Å². The lowest BCUT2D eigenvalue weighted by Gasteiger charge is -2.00. The second kappa shape index (κ2) is 8.01. The van der Waals surface area contributed by atoms with Crippen molar-refractivity contribution < 1.29 is 9.53 Å². The molecule has 0 unspecified atom stereocenters. The highest BCUT2D eigenvalue weighted by Crippen LogP contribution is 2.10. The maximum Gasteiger partial charge on any atom is 0.250 e. The molecule has 7 heteroatoms. The average molecular weight is 302 g/mol. The van der Waals surface area contributed by atoms with E-state index in [2.05, 4.69) is 20.5 Å². The largest absolute Gasteiger partial charge is 0.497 e. The molecule has 0 aliphatic heterocycles. The first-order valence-corrected chi connectivity index (χ1v) is 7.12. The van der Waals surface area contributed by atoms with Gasteiger partial charge in [-0.3, -0.25) is 4.79 Å². The molecule has 0 fully saturated rings. The highest BCUT2D eigenvalue weighted by atomic mass is 32.2. The van der Waals surface area contributed by atoms with Gasteiger partial charge in [-0.1, -0.05) is 11.8 Å². The van der Waals surface area contributed by atoms with E-state index < -0.39 is 0 Å². The molecule has 0 aliphatic carbocycles. The summed E-state index contributed by atoms with van der Waals surface area (Å²) in [6.45, 7) is 0. The number of nitrogens with one attached hydrogen (secondary N) is 1. The standard InChI is InChI=1S/C14H14N4O2S/c1-20-12-5-3-11(4-6-12)9-17-18-13(19)10-21-14-15-7-2-8-16-14/h2-9H,10H2,1H3,(H,18,19). The van der Waals surface area contributed by atoms with Gasteiger partial charge in [0.05, 0.1) is 19.1 Å². The Balaban J connectivity index is 1.76. The fourth-order valence-corrected chi connectivity index (χ4v) is 1.99. The number of hydrogen-bond donors (Lipinski definition) is 1. The van der Waals surface area contributed by atoms with Crippen LogP contribution in [0.1, 0.15) is 5.56 Å². The first kappa shape index (κ1) is 15.0. The molecule has 1 heterocycles. The van der Waals surface area contributed by atoms with Gasteiger partial charge in [-0.2, -0.15) is 5.10 Å². The summed E-state index contributed by atoms with van der Waals surface area (Å²) in [4.78, 5) is 19.6. The highest BCUT2D eigenvalue weighted by Gasteiger charge is 2.02. The van der Waals surface area contributed by atoms with Crippen LogP contribution >= 0.6 is 11.8 Å².